The number of hydrogen-bond acceptors (Lipinski definition) is 0. The van der Waals surface area contributed by atoms with Crippen molar-refractivity contribution in [2.45, 2.75) is 74.1 Å². The van der Waals surface area contributed by atoms with E-state index in [1.165, 1.54) is 19.3 Å². The van der Waals surface area contributed by atoms with Crippen LogP contribution >= 0.6 is 0 Å². The summed E-state index contributed by atoms with van der Waals surface area (Å²) in [6.07, 6.45) is 7.23. The van der Waals surface area contributed by atoms with Gasteiger partial charge in [-0.05, 0) is 40.9 Å². The summed E-state index contributed by atoms with van der Waals surface area (Å²) in [6, 6.07) is 0. The van der Waals surface area contributed by atoms with E-state index in [9.17, 15) is 0 Å². The first-order chi connectivity index (χ1) is 7.58. The zero-order valence-corrected chi connectivity index (χ0v) is 13.1. The molecule has 100 valence electrons. The molecule has 1 saturated carbocycles. The molecule has 0 aliphatic heterocycles. The molecule has 0 N–H and O–H groups in total. The van der Waals surface area contributed by atoms with Crippen molar-refractivity contribution in [1.82, 2.24) is 0 Å². The van der Waals surface area contributed by atoms with Gasteiger partial charge in [0.25, 0.3) is 0 Å². The maximum atomic E-state index is 3.99. The minimum Gasteiger partial charge on any atom is -0.103 e. The zero-order chi connectivity index (χ0) is 13.5. The number of allylic oxidation sites excluding steroid dienone is 1. The second kappa shape index (κ2) is 4.14. The lowest BCUT2D eigenvalue weighted by Gasteiger charge is -2.50. The average molecular weight is 236 g/mol. The van der Waals surface area contributed by atoms with Crippen molar-refractivity contribution < 1.29 is 0 Å². The highest BCUT2D eigenvalue weighted by Gasteiger charge is 2.64. The molecule has 0 aromatic heterocycles. The van der Waals surface area contributed by atoms with Crippen LogP contribution in [-0.4, -0.2) is 0 Å². The third-order valence-corrected chi connectivity index (χ3v) is 6.57. The molecular weight excluding hydrogens is 204 g/mol. The van der Waals surface area contributed by atoms with Crippen LogP contribution in [0.2, 0.25) is 0 Å². The van der Waals surface area contributed by atoms with Crippen LogP contribution in [0.25, 0.3) is 0 Å². The summed E-state index contributed by atoms with van der Waals surface area (Å²) in [7, 11) is 0. The van der Waals surface area contributed by atoms with Crippen molar-refractivity contribution in [2.75, 3.05) is 0 Å². The minimum absolute atomic E-state index is 0.353. The topological polar surface area (TPSA) is 0 Å². The minimum atomic E-state index is 0.353. The molecule has 1 rings (SSSR count). The van der Waals surface area contributed by atoms with E-state index in [-0.39, 0.29) is 0 Å². The SMILES string of the molecule is C=CCC1(C)C(C)(C)CC(C)(CCC)C1(C)C. The highest BCUT2D eigenvalue weighted by molar-refractivity contribution is 5.15. The molecule has 0 aromatic carbocycles. The highest BCUT2D eigenvalue weighted by Crippen LogP contribution is 2.72. The first kappa shape index (κ1) is 14.8. The van der Waals surface area contributed by atoms with Crippen LogP contribution in [0, 0.1) is 21.7 Å². The highest BCUT2D eigenvalue weighted by atomic mass is 14.7. The molecular formula is C17H32. The first-order valence-electron chi connectivity index (χ1n) is 7.19. The fourth-order valence-corrected chi connectivity index (χ4v) is 4.68. The standard InChI is InChI=1S/C17H32/c1-9-11-16(7)13-14(3,4)17(8,12-10-2)15(16,5)6/h10H,2,9,11-13H2,1,3-8H3. The summed E-state index contributed by atoms with van der Waals surface area (Å²) >= 11 is 0. The van der Waals surface area contributed by atoms with Crippen molar-refractivity contribution in [2.24, 2.45) is 21.7 Å². The Labute approximate surface area is 109 Å². The molecule has 0 nitrogen and oxygen atoms in total. The van der Waals surface area contributed by atoms with Gasteiger partial charge in [0.2, 0.25) is 0 Å². The van der Waals surface area contributed by atoms with Gasteiger partial charge in [-0.15, -0.1) is 6.58 Å². The third kappa shape index (κ3) is 1.79. The molecule has 0 bridgehead atoms. The Kier molecular flexibility index (Phi) is 3.60. The molecule has 17 heavy (non-hydrogen) atoms. The lowest BCUT2D eigenvalue weighted by Crippen LogP contribution is -2.43. The smallest absolute Gasteiger partial charge is 0.0184 e. The summed E-state index contributed by atoms with van der Waals surface area (Å²) in [6.45, 7) is 21.2. The van der Waals surface area contributed by atoms with Gasteiger partial charge in [-0.2, -0.15) is 0 Å². The van der Waals surface area contributed by atoms with Gasteiger partial charge >= 0.3 is 0 Å². The van der Waals surface area contributed by atoms with Crippen LogP contribution in [0.4, 0.5) is 0 Å². The molecule has 0 saturated heterocycles. The van der Waals surface area contributed by atoms with E-state index < -0.39 is 0 Å². The molecule has 0 spiro atoms. The molecule has 0 aromatic rings. The Morgan fingerprint density at radius 1 is 1.06 bits per heavy atom. The fraction of sp³-hybridized carbons (Fsp3) is 0.882. The maximum absolute atomic E-state index is 3.99. The predicted molar refractivity (Wildman–Crippen MR) is 78.1 cm³/mol. The molecule has 0 heteroatoms. The molecule has 1 fully saturated rings. The van der Waals surface area contributed by atoms with Gasteiger partial charge < -0.3 is 0 Å². The molecule has 1 aliphatic rings. The van der Waals surface area contributed by atoms with Crippen LogP contribution in [0.1, 0.15) is 74.1 Å². The van der Waals surface area contributed by atoms with Crippen LogP contribution in [0.15, 0.2) is 12.7 Å². The van der Waals surface area contributed by atoms with Gasteiger partial charge in [0.15, 0.2) is 0 Å². The van der Waals surface area contributed by atoms with Gasteiger partial charge in [0, 0.05) is 0 Å². The van der Waals surface area contributed by atoms with Crippen LogP contribution in [0.3, 0.4) is 0 Å². The Morgan fingerprint density at radius 3 is 2.00 bits per heavy atom. The summed E-state index contributed by atoms with van der Waals surface area (Å²) < 4.78 is 0. The van der Waals surface area contributed by atoms with E-state index in [1.807, 2.05) is 0 Å². The van der Waals surface area contributed by atoms with E-state index in [2.05, 4.69) is 61.1 Å². The Hall–Kier alpha value is -0.260. The van der Waals surface area contributed by atoms with Gasteiger partial charge in [-0.1, -0.05) is 61.0 Å². The molecule has 0 amide bonds. The summed E-state index contributed by atoms with van der Waals surface area (Å²) in [4.78, 5) is 0. The zero-order valence-electron chi connectivity index (χ0n) is 13.1. The van der Waals surface area contributed by atoms with Crippen molar-refractivity contribution >= 4 is 0 Å². The van der Waals surface area contributed by atoms with Gasteiger partial charge in [0.1, 0.15) is 0 Å². The van der Waals surface area contributed by atoms with E-state index in [0.29, 0.717) is 21.7 Å². The van der Waals surface area contributed by atoms with E-state index >= 15 is 0 Å². The van der Waals surface area contributed by atoms with Crippen LogP contribution < -0.4 is 0 Å². The number of hydrogen-bond donors (Lipinski definition) is 0. The van der Waals surface area contributed by atoms with Crippen LogP contribution in [0.5, 0.6) is 0 Å². The van der Waals surface area contributed by atoms with Crippen molar-refractivity contribution in [3.05, 3.63) is 12.7 Å². The van der Waals surface area contributed by atoms with E-state index in [4.69, 9.17) is 0 Å². The fourth-order valence-electron chi connectivity index (χ4n) is 4.68. The third-order valence-electron chi connectivity index (χ3n) is 6.57. The van der Waals surface area contributed by atoms with Gasteiger partial charge in [0.05, 0.1) is 0 Å². The Morgan fingerprint density at radius 2 is 1.59 bits per heavy atom. The second-order valence-corrected chi connectivity index (χ2v) is 7.82. The molecule has 2 atom stereocenters. The normalized spacial score (nSPS) is 39.2. The Bertz CT molecular complexity index is 297. The monoisotopic (exact) mass is 236 g/mol. The second-order valence-electron chi connectivity index (χ2n) is 7.82. The van der Waals surface area contributed by atoms with Crippen molar-refractivity contribution in [3.63, 3.8) is 0 Å². The van der Waals surface area contributed by atoms with E-state index in [1.54, 1.807) is 0 Å². The largest absolute Gasteiger partial charge is 0.103 e. The Balaban J connectivity index is 3.27. The van der Waals surface area contributed by atoms with Crippen LogP contribution in [-0.2, 0) is 0 Å². The first-order valence-corrected chi connectivity index (χ1v) is 7.19. The predicted octanol–water partition coefficient (Wildman–Crippen LogP) is 5.83. The molecule has 0 radical (unpaired) electrons. The van der Waals surface area contributed by atoms with E-state index in [0.717, 1.165) is 6.42 Å². The molecule has 1 aliphatic carbocycles. The lowest BCUT2D eigenvalue weighted by molar-refractivity contribution is -0.0112. The van der Waals surface area contributed by atoms with Crippen molar-refractivity contribution in [3.8, 4) is 0 Å². The maximum Gasteiger partial charge on any atom is -0.0184 e. The van der Waals surface area contributed by atoms with Gasteiger partial charge in [-0.25, -0.2) is 0 Å². The molecule has 2 unspecified atom stereocenters. The summed E-state index contributed by atoms with van der Waals surface area (Å²) in [5.41, 5.74) is 1.58. The van der Waals surface area contributed by atoms with Crippen molar-refractivity contribution in [1.29, 1.82) is 0 Å². The molecule has 0 heterocycles. The summed E-state index contributed by atoms with van der Waals surface area (Å²) in [5.74, 6) is 0. The quantitative estimate of drug-likeness (QED) is 0.539. The lowest BCUT2D eigenvalue weighted by atomic mass is 9.54. The summed E-state index contributed by atoms with van der Waals surface area (Å²) in [5, 5.41) is 0. The van der Waals surface area contributed by atoms with Gasteiger partial charge in [-0.3, -0.25) is 0 Å². The average Bonchev–Trinajstić information content (AvgIpc) is 2.24. The number of rotatable bonds is 4.